The van der Waals surface area contributed by atoms with Crippen molar-refractivity contribution in [1.82, 2.24) is 15.1 Å². The monoisotopic (exact) mass is 410 g/mol. The van der Waals surface area contributed by atoms with Crippen LogP contribution in [0.2, 0.25) is 0 Å². The molecule has 0 unspecified atom stereocenters. The van der Waals surface area contributed by atoms with Gasteiger partial charge in [0.25, 0.3) is 5.91 Å². The predicted octanol–water partition coefficient (Wildman–Crippen LogP) is 4.42. The Morgan fingerprint density at radius 2 is 2.14 bits per heavy atom. The lowest BCUT2D eigenvalue weighted by atomic mass is 9.96. The van der Waals surface area contributed by atoms with E-state index in [4.69, 9.17) is 4.74 Å². The van der Waals surface area contributed by atoms with Gasteiger partial charge in [-0.2, -0.15) is 5.10 Å². The third kappa shape index (κ3) is 4.90. The number of aryl methyl sites for hydroxylation is 1. The highest BCUT2D eigenvalue weighted by atomic mass is 32.1. The Kier molecular flexibility index (Phi) is 5.76. The zero-order valence-corrected chi connectivity index (χ0v) is 17.7. The summed E-state index contributed by atoms with van der Waals surface area (Å²) in [4.78, 5) is 16.7. The molecule has 2 fully saturated rings. The van der Waals surface area contributed by atoms with E-state index in [0.29, 0.717) is 16.8 Å². The van der Waals surface area contributed by atoms with Crippen LogP contribution in [-0.2, 0) is 4.74 Å². The molecule has 1 amide bonds. The average Bonchev–Trinajstić information content (AvgIpc) is 3.35. The Labute approximate surface area is 176 Å². The molecule has 2 aliphatic rings. The predicted molar refractivity (Wildman–Crippen MR) is 118 cm³/mol. The maximum Gasteiger partial charge on any atom is 0.251 e. The molecule has 1 heterocycles. The second-order valence-corrected chi connectivity index (χ2v) is 8.19. The molecule has 4 rings (SSSR count). The number of rotatable bonds is 6. The van der Waals surface area contributed by atoms with Crippen LogP contribution in [0.1, 0.15) is 54.9 Å². The number of carbonyl (C=O) groups is 1. The van der Waals surface area contributed by atoms with Gasteiger partial charge in [-0.1, -0.05) is 18.7 Å². The molecule has 0 aliphatic heterocycles. The molecule has 0 radical (unpaired) electrons. The van der Waals surface area contributed by atoms with Crippen LogP contribution in [0, 0.1) is 6.92 Å². The maximum absolute atomic E-state index is 12.4. The third-order valence-corrected chi connectivity index (χ3v) is 5.57. The van der Waals surface area contributed by atoms with Crippen LogP contribution < -0.4 is 5.32 Å². The lowest BCUT2D eigenvalue weighted by molar-refractivity contribution is 0.0951. The second kappa shape index (κ2) is 8.45. The number of hydrogen-bond acceptors (Lipinski definition) is 4. The van der Waals surface area contributed by atoms with Crippen LogP contribution in [0.25, 0.3) is 16.8 Å². The summed E-state index contributed by atoms with van der Waals surface area (Å²) in [5.41, 5.74) is 4.57. The van der Waals surface area contributed by atoms with Crippen LogP contribution in [0.4, 0.5) is 0 Å². The summed E-state index contributed by atoms with van der Waals surface area (Å²) < 4.78 is 7.40. The van der Waals surface area contributed by atoms with Gasteiger partial charge in [0.2, 0.25) is 5.23 Å². The lowest BCUT2D eigenvalue weighted by Crippen LogP contribution is -2.25. The highest BCUT2D eigenvalue weighted by molar-refractivity contribution is 7.96. The van der Waals surface area contributed by atoms with Gasteiger partial charge < -0.3 is 10.1 Å². The average molecular weight is 411 g/mol. The van der Waals surface area contributed by atoms with Crippen LogP contribution in [0.3, 0.4) is 0 Å². The van der Waals surface area contributed by atoms with Crippen molar-refractivity contribution in [2.45, 2.75) is 58.1 Å². The zero-order chi connectivity index (χ0) is 20.4. The maximum atomic E-state index is 12.4. The van der Waals surface area contributed by atoms with E-state index in [1.807, 2.05) is 38.2 Å². The molecule has 2 aliphatic carbocycles. The highest BCUT2D eigenvalue weighted by Crippen LogP contribution is 2.26. The number of nitrogens with one attached hydrogen (secondary N) is 1. The van der Waals surface area contributed by atoms with Crippen molar-refractivity contribution in [3.63, 3.8) is 0 Å². The van der Waals surface area contributed by atoms with Crippen molar-refractivity contribution in [3.8, 4) is 11.1 Å². The number of hydrogen-bond donors (Lipinski definition) is 2. The Balaban J connectivity index is 1.49. The quantitative estimate of drug-likeness (QED) is 0.421. The first-order chi connectivity index (χ1) is 14.0. The van der Waals surface area contributed by atoms with Crippen LogP contribution >= 0.6 is 12.6 Å². The summed E-state index contributed by atoms with van der Waals surface area (Å²) in [7, 11) is 0. The summed E-state index contributed by atoms with van der Waals surface area (Å²) >= 11 is 4.29. The van der Waals surface area contributed by atoms with E-state index in [2.05, 4.69) is 28.0 Å². The number of carbonyl (C=O) groups excluding carboxylic acids is 1. The number of allylic oxidation sites excluding steroid dienone is 1. The van der Waals surface area contributed by atoms with Gasteiger partial charge in [-0.15, -0.1) is 0 Å². The van der Waals surface area contributed by atoms with Gasteiger partial charge in [0.1, 0.15) is 6.10 Å². The molecule has 0 spiro atoms. The van der Waals surface area contributed by atoms with E-state index in [1.165, 1.54) is 6.42 Å². The van der Waals surface area contributed by atoms with Crippen LogP contribution in [-0.4, -0.2) is 33.1 Å². The molecular weight excluding hydrogens is 384 g/mol. The summed E-state index contributed by atoms with van der Waals surface area (Å²) in [6.07, 6.45) is 11.2. The molecule has 0 saturated heterocycles. The minimum Gasteiger partial charge on any atom is -0.470 e. The molecule has 1 aromatic heterocycles. The van der Waals surface area contributed by atoms with Gasteiger partial charge in [-0.05, 0) is 69.2 Å². The fourth-order valence-electron chi connectivity index (χ4n) is 3.10. The number of benzene rings is 1. The Morgan fingerprint density at radius 3 is 2.83 bits per heavy atom. The number of nitrogens with zero attached hydrogens (tertiary/aromatic N) is 3. The van der Waals surface area contributed by atoms with E-state index in [1.54, 1.807) is 17.1 Å². The molecule has 0 atom stereocenters. The molecule has 29 heavy (non-hydrogen) atoms. The van der Waals surface area contributed by atoms with Crippen molar-refractivity contribution >= 4 is 29.5 Å². The minimum absolute atomic E-state index is 0.0145. The summed E-state index contributed by atoms with van der Waals surface area (Å²) in [5, 5.41) is 7.86. The number of thiol groups is 1. The van der Waals surface area contributed by atoms with Crippen molar-refractivity contribution < 1.29 is 9.53 Å². The second-order valence-electron chi connectivity index (χ2n) is 7.80. The third-order valence-electron chi connectivity index (χ3n) is 5.35. The van der Waals surface area contributed by atoms with E-state index < -0.39 is 0 Å². The molecule has 7 heteroatoms. The van der Waals surface area contributed by atoms with Gasteiger partial charge in [-0.3, -0.25) is 4.79 Å². The Morgan fingerprint density at radius 1 is 1.34 bits per heavy atom. The summed E-state index contributed by atoms with van der Waals surface area (Å²) in [6, 6.07) is 6.13. The Bertz CT molecular complexity index is 971. The fourth-order valence-corrected chi connectivity index (χ4v) is 3.31. The van der Waals surface area contributed by atoms with Crippen LogP contribution in [0.15, 0.2) is 41.8 Å². The standard InChI is InChI=1S/C22H26N4O2S/c1-14-6-7-16(21(27)25-18-8-9-18)10-20(14)17-12-24-26(13-17)15(2)11-23-22(29)28-19-4-3-5-19/h6-7,10-13,18-19H,3-5,8-9H2,1-2H3,(H,23,29)(H,25,27)/b15-11+. The van der Waals surface area contributed by atoms with Gasteiger partial charge in [0, 0.05) is 23.4 Å². The van der Waals surface area contributed by atoms with E-state index in [-0.39, 0.29) is 12.0 Å². The molecule has 0 bridgehead atoms. The van der Waals surface area contributed by atoms with Crippen molar-refractivity contribution in [3.05, 3.63) is 47.9 Å². The summed E-state index contributed by atoms with van der Waals surface area (Å²) in [5.74, 6) is -0.0145. The van der Waals surface area contributed by atoms with E-state index >= 15 is 0 Å². The number of amides is 1. The van der Waals surface area contributed by atoms with E-state index in [9.17, 15) is 4.79 Å². The van der Waals surface area contributed by atoms with Crippen molar-refractivity contribution in [1.29, 1.82) is 0 Å². The SMILES string of the molecule is C/C(=C\N=C(/S)OC1CCC1)n1cc(-c2cc(C(=O)NC3CC3)ccc2C)cn1. The van der Waals surface area contributed by atoms with Gasteiger partial charge in [-0.25, -0.2) is 9.67 Å². The van der Waals surface area contributed by atoms with Gasteiger partial charge in [0.05, 0.1) is 18.1 Å². The number of ether oxygens (including phenoxy) is 1. The highest BCUT2D eigenvalue weighted by Gasteiger charge is 2.24. The zero-order valence-electron chi connectivity index (χ0n) is 16.8. The number of aromatic nitrogens is 2. The normalized spacial score (nSPS) is 17.8. The molecular formula is C22H26N4O2S. The van der Waals surface area contributed by atoms with Gasteiger partial charge >= 0.3 is 0 Å². The summed E-state index contributed by atoms with van der Waals surface area (Å²) in [6.45, 7) is 3.96. The van der Waals surface area contributed by atoms with E-state index in [0.717, 1.165) is 48.1 Å². The molecule has 1 aromatic carbocycles. The molecule has 2 saturated carbocycles. The van der Waals surface area contributed by atoms with Gasteiger partial charge in [0.15, 0.2) is 0 Å². The Hall–Kier alpha value is -2.54. The molecule has 6 nitrogen and oxygen atoms in total. The van der Waals surface area contributed by atoms with Crippen molar-refractivity contribution in [2.24, 2.45) is 4.99 Å². The smallest absolute Gasteiger partial charge is 0.251 e. The lowest BCUT2D eigenvalue weighted by Gasteiger charge is -2.25. The molecule has 1 N–H and O–H groups in total. The molecule has 152 valence electrons. The first-order valence-electron chi connectivity index (χ1n) is 10.1. The van der Waals surface area contributed by atoms with Crippen molar-refractivity contribution in [2.75, 3.05) is 0 Å². The first-order valence-corrected chi connectivity index (χ1v) is 10.5. The largest absolute Gasteiger partial charge is 0.470 e. The fraction of sp³-hybridized carbons (Fsp3) is 0.409. The van der Waals surface area contributed by atoms with Crippen LogP contribution in [0.5, 0.6) is 0 Å². The molecule has 2 aromatic rings. The topological polar surface area (TPSA) is 68.5 Å². The number of aliphatic imine (C=N–C) groups is 1. The minimum atomic E-state index is -0.0145. The first kappa shape index (κ1) is 19.8.